The van der Waals surface area contributed by atoms with Crippen LogP contribution in [0.2, 0.25) is 15.1 Å². The van der Waals surface area contributed by atoms with Crippen molar-refractivity contribution in [1.82, 2.24) is 20.9 Å². The molecule has 0 saturated carbocycles. The maximum absolute atomic E-state index is 13.5. The lowest BCUT2D eigenvalue weighted by Crippen LogP contribution is -2.49. The first-order valence-corrected chi connectivity index (χ1v) is 14.0. The summed E-state index contributed by atoms with van der Waals surface area (Å²) in [7, 11) is 0. The van der Waals surface area contributed by atoms with Crippen molar-refractivity contribution in [2.24, 2.45) is 0 Å². The molecule has 2 amide bonds. The predicted octanol–water partition coefficient (Wildman–Crippen LogP) is 5.68. The van der Waals surface area contributed by atoms with E-state index in [2.05, 4.69) is 29.8 Å². The van der Waals surface area contributed by atoms with Gasteiger partial charge in [0.25, 0.3) is 5.91 Å². The fourth-order valence-electron chi connectivity index (χ4n) is 4.72. The molecule has 3 aromatic carbocycles. The smallest absolute Gasteiger partial charge is 0.251 e. The fraction of sp³-hybridized carbons (Fsp3) is 0.379. The number of hydrogen-bond donors (Lipinski definition) is 3. The van der Waals surface area contributed by atoms with Gasteiger partial charge in [-0.15, -0.1) is 0 Å². The van der Waals surface area contributed by atoms with Gasteiger partial charge in [0.1, 0.15) is 0 Å². The van der Waals surface area contributed by atoms with Gasteiger partial charge in [-0.3, -0.25) is 9.59 Å². The number of carbonyl (C=O) groups excluding carboxylic acids is 2. The fourth-order valence-corrected chi connectivity index (χ4v) is 5.47. The molecule has 4 rings (SSSR count). The molecule has 6 nitrogen and oxygen atoms in total. The van der Waals surface area contributed by atoms with Gasteiger partial charge in [-0.1, -0.05) is 60.8 Å². The van der Waals surface area contributed by atoms with Crippen molar-refractivity contribution in [2.75, 3.05) is 19.6 Å². The normalized spacial score (nSPS) is 18.2. The third-order valence-electron chi connectivity index (χ3n) is 6.65. The van der Waals surface area contributed by atoms with Gasteiger partial charge in [0.05, 0.1) is 6.04 Å². The van der Waals surface area contributed by atoms with E-state index in [1.54, 1.807) is 12.1 Å². The second-order valence-corrected chi connectivity index (χ2v) is 11.4. The Morgan fingerprint density at radius 1 is 1.00 bits per heavy atom. The zero-order chi connectivity index (χ0) is 27.2. The average Bonchev–Trinajstić information content (AvgIpc) is 3.00. The molecule has 3 N–H and O–H groups in total. The summed E-state index contributed by atoms with van der Waals surface area (Å²) in [6.07, 6.45) is 1.34. The summed E-state index contributed by atoms with van der Waals surface area (Å²) in [6, 6.07) is 16.4. The quantitative estimate of drug-likeness (QED) is 0.307. The van der Waals surface area contributed by atoms with Gasteiger partial charge < -0.3 is 20.9 Å². The molecule has 0 unspecified atom stereocenters. The van der Waals surface area contributed by atoms with E-state index in [0.717, 1.165) is 16.3 Å². The molecule has 1 saturated heterocycles. The number of hydrogen-bond acceptors (Lipinski definition) is 4. The van der Waals surface area contributed by atoms with E-state index < -0.39 is 0 Å². The summed E-state index contributed by atoms with van der Waals surface area (Å²) in [5.41, 5.74) is 1.47. The first kappa shape index (κ1) is 28.7. The largest absolute Gasteiger partial charge is 0.350 e. The van der Waals surface area contributed by atoms with E-state index in [0.29, 0.717) is 65.7 Å². The zero-order valence-electron chi connectivity index (χ0n) is 21.6. The van der Waals surface area contributed by atoms with Gasteiger partial charge in [0.2, 0.25) is 5.91 Å². The number of rotatable bonds is 9. The molecule has 9 heteroatoms. The van der Waals surface area contributed by atoms with Crippen LogP contribution in [0.1, 0.15) is 42.6 Å². The number of fused-ring (bicyclic) bond motifs is 1. The van der Waals surface area contributed by atoms with Gasteiger partial charge >= 0.3 is 0 Å². The Morgan fingerprint density at radius 2 is 1.71 bits per heavy atom. The van der Waals surface area contributed by atoms with Gasteiger partial charge in [0.15, 0.2) is 0 Å². The number of nitrogens with one attached hydrogen (secondary N) is 3. The summed E-state index contributed by atoms with van der Waals surface area (Å²) in [5, 5.41) is 13.6. The maximum Gasteiger partial charge on any atom is 0.251 e. The molecule has 0 bridgehead atoms. The molecule has 1 aliphatic heterocycles. The lowest BCUT2D eigenvalue weighted by Gasteiger charge is -2.25. The van der Waals surface area contributed by atoms with Crippen LogP contribution in [-0.4, -0.2) is 54.5 Å². The van der Waals surface area contributed by atoms with E-state index in [9.17, 15) is 9.59 Å². The van der Waals surface area contributed by atoms with Gasteiger partial charge in [-0.2, -0.15) is 0 Å². The second kappa shape index (κ2) is 13.1. The topological polar surface area (TPSA) is 73.5 Å². The number of amides is 2. The molecule has 2 atom stereocenters. The molecule has 0 spiro atoms. The molecule has 3 aromatic rings. The summed E-state index contributed by atoms with van der Waals surface area (Å²) in [6.45, 7) is 6.26. The van der Waals surface area contributed by atoms with E-state index >= 15 is 0 Å². The monoisotopic (exact) mass is 574 g/mol. The van der Waals surface area contributed by atoms with Gasteiger partial charge in [-0.25, -0.2) is 0 Å². The Morgan fingerprint density at radius 3 is 2.45 bits per heavy atom. The number of benzene rings is 3. The van der Waals surface area contributed by atoms with Crippen molar-refractivity contribution in [2.45, 2.75) is 51.4 Å². The minimum Gasteiger partial charge on any atom is -0.350 e. The van der Waals surface area contributed by atoms with E-state index in [-0.39, 0.29) is 23.9 Å². The molecular formula is C29H33Cl3N4O2. The highest BCUT2D eigenvalue weighted by Gasteiger charge is 2.31. The molecule has 1 fully saturated rings. The van der Waals surface area contributed by atoms with Crippen LogP contribution in [0.15, 0.2) is 54.6 Å². The summed E-state index contributed by atoms with van der Waals surface area (Å²) in [5.74, 6) is -0.114. The minimum absolute atomic E-state index is 0.0358. The van der Waals surface area contributed by atoms with Crippen molar-refractivity contribution >= 4 is 57.4 Å². The van der Waals surface area contributed by atoms with Crippen molar-refractivity contribution < 1.29 is 9.59 Å². The van der Waals surface area contributed by atoms with Crippen LogP contribution in [0, 0.1) is 0 Å². The standard InChI is InChI=1S/C29H33Cl3N4O2/c1-18(2)33-9-7-27-29(38)36(17-19-11-24(31)15-25(32)12-19)10-8-26(35-27)16-34-28(37)22-4-3-21-14-23(30)6-5-20(21)13-22/h3-6,11-15,18,26-27,33,35H,7-10,16-17H2,1-2H3,(H,34,37)/t26-,27-/m1/s1. The van der Waals surface area contributed by atoms with E-state index in [1.165, 1.54) is 0 Å². The number of nitrogens with zero attached hydrogens (tertiary/aromatic N) is 1. The van der Waals surface area contributed by atoms with Crippen molar-refractivity contribution in [1.29, 1.82) is 0 Å². The van der Waals surface area contributed by atoms with Gasteiger partial charge in [0, 0.05) is 52.3 Å². The molecule has 202 valence electrons. The highest BCUT2D eigenvalue weighted by atomic mass is 35.5. The van der Waals surface area contributed by atoms with Crippen LogP contribution >= 0.6 is 34.8 Å². The second-order valence-electron chi connectivity index (χ2n) is 10.1. The lowest BCUT2D eigenvalue weighted by atomic mass is 10.1. The van der Waals surface area contributed by atoms with Crippen molar-refractivity contribution in [3.05, 3.63) is 80.8 Å². The number of carbonyl (C=O) groups is 2. The van der Waals surface area contributed by atoms with Crippen LogP contribution in [0.5, 0.6) is 0 Å². The third kappa shape index (κ3) is 7.84. The van der Waals surface area contributed by atoms with Crippen LogP contribution in [0.4, 0.5) is 0 Å². The summed E-state index contributed by atoms with van der Waals surface area (Å²) >= 11 is 18.5. The molecule has 0 aliphatic carbocycles. The summed E-state index contributed by atoms with van der Waals surface area (Å²) in [4.78, 5) is 28.3. The lowest BCUT2D eigenvalue weighted by molar-refractivity contribution is -0.133. The van der Waals surface area contributed by atoms with E-state index in [1.807, 2.05) is 47.4 Å². The Bertz CT molecular complexity index is 1280. The molecule has 38 heavy (non-hydrogen) atoms. The third-order valence-corrected chi connectivity index (χ3v) is 7.32. The van der Waals surface area contributed by atoms with E-state index in [4.69, 9.17) is 34.8 Å². The first-order chi connectivity index (χ1) is 18.2. The van der Waals surface area contributed by atoms with Crippen molar-refractivity contribution in [3.63, 3.8) is 0 Å². The zero-order valence-corrected chi connectivity index (χ0v) is 23.8. The van der Waals surface area contributed by atoms with Crippen LogP contribution in [0.3, 0.4) is 0 Å². The molecule has 1 heterocycles. The van der Waals surface area contributed by atoms with Crippen LogP contribution < -0.4 is 16.0 Å². The van der Waals surface area contributed by atoms with Crippen LogP contribution in [0.25, 0.3) is 10.8 Å². The van der Waals surface area contributed by atoms with Gasteiger partial charge in [-0.05, 0) is 78.2 Å². The minimum atomic E-state index is -0.370. The van der Waals surface area contributed by atoms with Crippen LogP contribution in [-0.2, 0) is 11.3 Å². The maximum atomic E-state index is 13.5. The average molecular weight is 576 g/mol. The molecular weight excluding hydrogens is 543 g/mol. The highest BCUT2D eigenvalue weighted by Crippen LogP contribution is 2.22. The molecule has 0 aromatic heterocycles. The molecule has 1 aliphatic rings. The first-order valence-electron chi connectivity index (χ1n) is 12.9. The summed E-state index contributed by atoms with van der Waals surface area (Å²) < 4.78 is 0. The highest BCUT2D eigenvalue weighted by molar-refractivity contribution is 6.34. The Balaban J connectivity index is 1.43. The van der Waals surface area contributed by atoms with Crippen molar-refractivity contribution in [3.8, 4) is 0 Å². The Hall–Kier alpha value is -2.35. The predicted molar refractivity (Wildman–Crippen MR) is 156 cm³/mol. The molecule has 0 radical (unpaired) electrons. The Labute approximate surface area is 239 Å². The SMILES string of the molecule is CC(C)NCC[C@H]1N[C@@H](CNC(=O)c2ccc3cc(Cl)ccc3c2)CCN(Cc2cc(Cl)cc(Cl)c2)C1=O. The Kier molecular flexibility index (Phi) is 9.91. The number of halogens is 3.